The van der Waals surface area contributed by atoms with Crippen molar-refractivity contribution in [3.63, 3.8) is 0 Å². The molecule has 33 heavy (non-hydrogen) atoms. The van der Waals surface area contributed by atoms with Gasteiger partial charge >= 0.3 is 6.09 Å². The Bertz CT molecular complexity index is 1020. The highest BCUT2D eigenvalue weighted by Gasteiger charge is 2.33. The molecule has 4 rings (SSSR count). The van der Waals surface area contributed by atoms with Gasteiger partial charge in [-0.05, 0) is 18.2 Å². The van der Waals surface area contributed by atoms with Crippen LogP contribution in [0.25, 0.3) is 0 Å². The highest BCUT2D eigenvalue weighted by Crippen LogP contribution is 2.28. The van der Waals surface area contributed by atoms with E-state index in [1.54, 1.807) is 23.3 Å². The number of hydrogen-bond donors (Lipinski definition) is 2. The van der Waals surface area contributed by atoms with Crippen molar-refractivity contribution < 1.29 is 23.5 Å². The number of hydrogen-bond acceptors (Lipinski definition) is 8. The van der Waals surface area contributed by atoms with Crippen molar-refractivity contribution in [2.24, 2.45) is 0 Å². The second kappa shape index (κ2) is 10.1. The van der Waals surface area contributed by atoms with Gasteiger partial charge in [-0.2, -0.15) is 0 Å². The first kappa shape index (κ1) is 22.9. The van der Waals surface area contributed by atoms with Crippen LogP contribution >= 0.6 is 11.3 Å². The van der Waals surface area contributed by atoms with Gasteiger partial charge in [-0.1, -0.05) is 0 Å². The molecule has 2 aromatic rings. The van der Waals surface area contributed by atoms with Crippen LogP contribution in [-0.2, 0) is 20.7 Å². The summed E-state index contributed by atoms with van der Waals surface area (Å²) >= 11 is 1.43. The van der Waals surface area contributed by atoms with Crippen LogP contribution in [0, 0.1) is 5.82 Å². The Morgan fingerprint density at radius 3 is 2.91 bits per heavy atom. The van der Waals surface area contributed by atoms with Crippen LogP contribution in [0.15, 0.2) is 29.8 Å². The van der Waals surface area contributed by atoms with Gasteiger partial charge in [0.05, 0.1) is 37.4 Å². The lowest BCUT2D eigenvalue weighted by Crippen LogP contribution is -2.44. The smallest absolute Gasteiger partial charge is 0.414 e. The number of cyclic esters (lactones) is 1. The zero-order valence-corrected chi connectivity index (χ0v) is 18.9. The summed E-state index contributed by atoms with van der Waals surface area (Å²) in [5.74, 6) is -0.757. The first-order valence-electron chi connectivity index (χ1n) is 10.6. The number of amides is 3. The summed E-state index contributed by atoms with van der Waals surface area (Å²) in [7, 11) is 0. The summed E-state index contributed by atoms with van der Waals surface area (Å²) in [6.07, 6.45) is 0.824. The molecule has 0 spiro atoms. The van der Waals surface area contributed by atoms with E-state index in [0.29, 0.717) is 37.6 Å². The molecule has 2 aliphatic heterocycles. The average molecular weight is 477 g/mol. The number of hydrazine groups is 1. The van der Waals surface area contributed by atoms with Crippen LogP contribution in [0.2, 0.25) is 0 Å². The quantitative estimate of drug-likeness (QED) is 0.644. The second-order valence-corrected chi connectivity index (χ2v) is 8.71. The first-order valence-corrected chi connectivity index (χ1v) is 11.5. The maximum absolute atomic E-state index is 15.0. The zero-order chi connectivity index (χ0) is 23.4. The van der Waals surface area contributed by atoms with Gasteiger partial charge in [-0.15, -0.1) is 11.3 Å². The van der Waals surface area contributed by atoms with Gasteiger partial charge < -0.3 is 15.0 Å². The Balaban J connectivity index is 1.37. The lowest BCUT2D eigenvalue weighted by molar-refractivity contribution is -0.133. The van der Waals surface area contributed by atoms with Crippen LogP contribution in [-0.4, -0.2) is 73.3 Å². The minimum absolute atomic E-state index is 0.0796. The molecule has 12 heteroatoms. The van der Waals surface area contributed by atoms with Gasteiger partial charge in [0.2, 0.25) is 11.8 Å². The van der Waals surface area contributed by atoms with Crippen molar-refractivity contribution in [2.45, 2.75) is 19.4 Å². The fourth-order valence-electron chi connectivity index (χ4n) is 3.77. The van der Waals surface area contributed by atoms with Crippen molar-refractivity contribution in [1.82, 2.24) is 20.7 Å². The van der Waals surface area contributed by atoms with E-state index in [4.69, 9.17) is 4.74 Å². The third-order valence-electron chi connectivity index (χ3n) is 5.40. The molecular formula is C21H25FN6O4S. The van der Waals surface area contributed by atoms with Gasteiger partial charge in [-0.25, -0.2) is 19.6 Å². The molecule has 2 aliphatic rings. The molecular weight excluding hydrogens is 451 g/mol. The first-order chi connectivity index (χ1) is 15.9. The van der Waals surface area contributed by atoms with E-state index in [2.05, 4.69) is 15.7 Å². The molecule has 1 aromatic carbocycles. The largest absolute Gasteiger partial charge is 0.442 e. The molecule has 2 fully saturated rings. The average Bonchev–Trinajstić information content (AvgIpc) is 3.35. The Hall–Kier alpha value is -3.25. The number of aromatic nitrogens is 1. The Morgan fingerprint density at radius 2 is 2.18 bits per heavy atom. The van der Waals surface area contributed by atoms with Crippen molar-refractivity contribution in [1.29, 1.82) is 0 Å². The summed E-state index contributed by atoms with van der Waals surface area (Å²) in [4.78, 5) is 43.2. The van der Waals surface area contributed by atoms with E-state index in [9.17, 15) is 14.4 Å². The van der Waals surface area contributed by atoms with E-state index in [0.717, 1.165) is 5.01 Å². The minimum atomic E-state index is -0.578. The zero-order valence-electron chi connectivity index (χ0n) is 18.1. The number of nitrogens with zero attached hydrogens (tertiary/aromatic N) is 4. The summed E-state index contributed by atoms with van der Waals surface area (Å²) in [6.45, 7) is 3.66. The lowest BCUT2D eigenvalue weighted by Gasteiger charge is -2.24. The maximum atomic E-state index is 15.0. The fraction of sp³-hybridized carbons (Fsp3) is 0.429. The third kappa shape index (κ3) is 5.57. The molecule has 2 N–H and O–H groups in total. The van der Waals surface area contributed by atoms with Crippen molar-refractivity contribution in [2.75, 3.05) is 49.1 Å². The standard InChI is InChI=1S/C21H25FN6O4S/c1-14(29)24-12-16-13-27(21(31)32-16)15-2-3-18(17(22)10-15)26-6-4-25-28(8-7-26)20(30)11-19-23-5-9-33-19/h2-3,5,9-10,16,25H,4,6-8,11-13H2,1H3,(H,24,29)/t16-/m0/s1. The van der Waals surface area contributed by atoms with Gasteiger partial charge in [0.25, 0.3) is 0 Å². The molecule has 1 atom stereocenters. The maximum Gasteiger partial charge on any atom is 0.414 e. The molecule has 0 saturated carbocycles. The summed E-state index contributed by atoms with van der Waals surface area (Å²) < 4.78 is 20.3. The molecule has 0 aliphatic carbocycles. The van der Waals surface area contributed by atoms with Crippen molar-refractivity contribution in [3.8, 4) is 0 Å². The molecule has 3 amide bonds. The Kier molecular flexibility index (Phi) is 7.04. The highest BCUT2D eigenvalue weighted by atomic mass is 32.1. The normalized spacial score (nSPS) is 18.8. The predicted octanol–water partition coefficient (Wildman–Crippen LogP) is 1.14. The summed E-state index contributed by atoms with van der Waals surface area (Å²) in [6, 6.07) is 4.61. The van der Waals surface area contributed by atoms with Gasteiger partial charge in [-0.3, -0.25) is 19.5 Å². The molecule has 0 bridgehead atoms. The number of ether oxygens (including phenoxy) is 1. The predicted molar refractivity (Wildman–Crippen MR) is 120 cm³/mol. The number of anilines is 2. The van der Waals surface area contributed by atoms with E-state index >= 15 is 4.39 Å². The molecule has 10 nitrogen and oxygen atoms in total. The van der Waals surface area contributed by atoms with Crippen molar-refractivity contribution in [3.05, 3.63) is 40.6 Å². The molecule has 176 valence electrons. The van der Waals surface area contributed by atoms with E-state index in [1.807, 2.05) is 10.3 Å². The number of halogens is 1. The van der Waals surface area contributed by atoms with Crippen LogP contribution in [0.4, 0.5) is 20.6 Å². The fourth-order valence-corrected chi connectivity index (χ4v) is 4.37. The number of carbonyl (C=O) groups excluding carboxylic acids is 3. The van der Waals surface area contributed by atoms with Crippen molar-refractivity contribution >= 4 is 40.6 Å². The summed E-state index contributed by atoms with van der Waals surface area (Å²) in [5, 5.41) is 6.76. The molecule has 1 aromatic heterocycles. The van der Waals surface area contributed by atoms with Gasteiger partial charge in [0.1, 0.15) is 16.9 Å². The minimum Gasteiger partial charge on any atom is -0.442 e. The third-order valence-corrected chi connectivity index (χ3v) is 6.18. The molecule has 0 radical (unpaired) electrons. The highest BCUT2D eigenvalue weighted by molar-refractivity contribution is 7.09. The topological polar surface area (TPSA) is 107 Å². The Labute approximate surface area is 194 Å². The number of rotatable bonds is 6. The monoisotopic (exact) mass is 476 g/mol. The van der Waals surface area contributed by atoms with Crippen LogP contribution in [0.5, 0.6) is 0 Å². The molecule has 0 unspecified atom stereocenters. The van der Waals surface area contributed by atoms with E-state index in [-0.39, 0.29) is 31.3 Å². The van der Waals surface area contributed by atoms with Gasteiger partial charge in [0.15, 0.2) is 0 Å². The van der Waals surface area contributed by atoms with E-state index < -0.39 is 18.0 Å². The van der Waals surface area contributed by atoms with Crippen LogP contribution in [0.3, 0.4) is 0 Å². The molecule has 2 saturated heterocycles. The van der Waals surface area contributed by atoms with E-state index in [1.165, 1.54) is 29.2 Å². The van der Waals surface area contributed by atoms with Crippen LogP contribution in [0.1, 0.15) is 11.9 Å². The number of nitrogens with one attached hydrogen (secondary N) is 2. The lowest BCUT2D eigenvalue weighted by atomic mass is 10.2. The summed E-state index contributed by atoms with van der Waals surface area (Å²) in [5.41, 5.74) is 3.89. The Morgan fingerprint density at radius 1 is 1.33 bits per heavy atom. The SMILES string of the molecule is CC(=O)NC[C@H]1CN(c2ccc(N3CCNN(C(=O)Cc4nccs4)CC3)c(F)c2)C(=O)O1. The van der Waals surface area contributed by atoms with Crippen LogP contribution < -0.4 is 20.5 Å². The van der Waals surface area contributed by atoms with Gasteiger partial charge in [0, 0.05) is 38.1 Å². The number of carbonyl (C=O) groups is 3. The number of benzene rings is 1. The number of thiazole rings is 1. The second-order valence-electron chi connectivity index (χ2n) is 7.73. The molecule has 3 heterocycles.